The number of halogens is 7. The number of hydrogen-bond acceptors (Lipinski definition) is 3. The van der Waals surface area contributed by atoms with Crippen LogP contribution in [-0.4, -0.2) is 24.0 Å². The molecule has 0 amide bonds. The second-order valence-electron chi connectivity index (χ2n) is 5.89. The molecule has 1 atom stereocenters. The zero-order chi connectivity index (χ0) is 21.6. The molecular formula is C16H10ClF6N3O2S. The van der Waals surface area contributed by atoms with Gasteiger partial charge in [-0.25, -0.2) is 13.4 Å². The number of imidazole rings is 1. The van der Waals surface area contributed by atoms with E-state index in [2.05, 4.69) is 4.98 Å². The van der Waals surface area contributed by atoms with Crippen molar-refractivity contribution in [3.05, 3.63) is 65.1 Å². The summed E-state index contributed by atoms with van der Waals surface area (Å²) in [6.45, 7) is 0. The maximum atomic E-state index is 13.5. The lowest BCUT2D eigenvalue weighted by Gasteiger charge is -2.22. The Bertz CT molecular complexity index is 1140. The Hall–Kier alpha value is -2.31. The minimum Gasteiger partial charge on any atom is -0.289 e. The summed E-state index contributed by atoms with van der Waals surface area (Å²) < 4.78 is 106. The Labute approximate surface area is 165 Å². The Morgan fingerprint density at radius 1 is 1.00 bits per heavy atom. The van der Waals surface area contributed by atoms with Crippen LogP contribution in [0.1, 0.15) is 17.2 Å². The monoisotopic (exact) mass is 457 g/mol. The van der Waals surface area contributed by atoms with Crippen molar-refractivity contribution in [1.29, 1.82) is 0 Å². The third-order valence-corrected chi connectivity index (χ3v) is 5.60. The number of hydrogen-bond donors (Lipinski definition) is 1. The maximum Gasteiger partial charge on any atom is 0.416 e. The number of fused-ring (bicyclic) bond motifs is 1. The first-order valence-electron chi connectivity index (χ1n) is 7.68. The fourth-order valence-corrected chi connectivity index (χ4v) is 3.89. The van der Waals surface area contributed by atoms with Crippen LogP contribution in [0.2, 0.25) is 5.15 Å². The molecule has 1 N–H and O–H groups in total. The maximum absolute atomic E-state index is 13.5. The normalized spacial score (nSPS) is 14.3. The van der Waals surface area contributed by atoms with Gasteiger partial charge in [-0.2, -0.15) is 31.1 Å². The average Bonchev–Trinajstić information content (AvgIpc) is 2.99. The molecule has 3 aromatic rings. The van der Waals surface area contributed by atoms with Crippen LogP contribution >= 0.6 is 11.6 Å². The summed E-state index contributed by atoms with van der Waals surface area (Å²) in [6, 6.07) is 1.53. The van der Waals surface area contributed by atoms with Crippen molar-refractivity contribution < 1.29 is 34.8 Å². The summed E-state index contributed by atoms with van der Waals surface area (Å²) in [4.78, 5) is 3.33. The van der Waals surface area contributed by atoms with Crippen LogP contribution in [0, 0.1) is 0 Å². The molecule has 3 rings (SSSR count). The number of aromatic nitrogens is 2. The predicted octanol–water partition coefficient (Wildman–Crippen LogP) is 4.59. The minimum atomic E-state index is -5.11. The topological polar surface area (TPSA) is 63.5 Å². The molecule has 29 heavy (non-hydrogen) atoms. The van der Waals surface area contributed by atoms with Gasteiger partial charge in [0.25, 0.3) is 0 Å². The van der Waals surface area contributed by atoms with E-state index in [9.17, 15) is 34.8 Å². The second kappa shape index (κ2) is 7.18. The van der Waals surface area contributed by atoms with Gasteiger partial charge in [0.1, 0.15) is 16.8 Å². The van der Waals surface area contributed by atoms with Gasteiger partial charge in [0.05, 0.1) is 16.7 Å². The molecule has 0 radical (unpaired) electrons. The van der Waals surface area contributed by atoms with Crippen molar-refractivity contribution >= 4 is 27.3 Å². The van der Waals surface area contributed by atoms with Crippen molar-refractivity contribution in [3.63, 3.8) is 0 Å². The Morgan fingerprint density at radius 2 is 1.62 bits per heavy atom. The van der Waals surface area contributed by atoms with Crippen molar-refractivity contribution in [2.75, 3.05) is 0 Å². The van der Waals surface area contributed by atoms with Gasteiger partial charge in [0.2, 0.25) is 10.0 Å². The summed E-state index contributed by atoms with van der Waals surface area (Å²) in [6.07, 6.45) is -7.65. The summed E-state index contributed by atoms with van der Waals surface area (Å²) in [5.74, 6) is 0. The molecule has 5 nitrogen and oxygen atoms in total. The summed E-state index contributed by atoms with van der Waals surface area (Å²) >= 11 is 5.83. The molecule has 13 heteroatoms. The largest absolute Gasteiger partial charge is 0.416 e. The lowest BCUT2D eigenvalue weighted by Crippen LogP contribution is -2.38. The van der Waals surface area contributed by atoms with Gasteiger partial charge < -0.3 is 0 Å². The fraction of sp³-hybridized carbons (Fsp3) is 0.188. The number of nitrogens with zero attached hydrogens (tertiary/aromatic N) is 2. The molecule has 156 valence electrons. The standard InChI is InChI=1S/C16H10ClF6N3O2S/c17-12-7-24-13-6-5-11(8-26(12)13)29(27,28)25-14(16(21,22)23)9-1-3-10(4-2-9)15(18,19)20/h1-8,14,25H/t14-/m1/s1. The van der Waals surface area contributed by atoms with Crippen molar-refractivity contribution in [1.82, 2.24) is 14.1 Å². The first-order chi connectivity index (χ1) is 13.3. The number of sulfonamides is 1. The number of alkyl halides is 6. The summed E-state index contributed by atoms with van der Waals surface area (Å²) in [7, 11) is -4.71. The minimum absolute atomic E-state index is 0.0344. The quantitative estimate of drug-likeness (QED) is 0.583. The van der Waals surface area contributed by atoms with Crippen molar-refractivity contribution in [2.24, 2.45) is 0 Å². The van der Waals surface area contributed by atoms with E-state index in [0.29, 0.717) is 24.3 Å². The van der Waals surface area contributed by atoms with Crippen LogP contribution in [0.3, 0.4) is 0 Å². The second-order valence-corrected chi connectivity index (χ2v) is 7.99. The van der Waals surface area contributed by atoms with Crippen LogP contribution < -0.4 is 4.72 Å². The van der Waals surface area contributed by atoms with E-state index in [4.69, 9.17) is 11.6 Å². The Morgan fingerprint density at radius 3 is 2.17 bits per heavy atom. The molecule has 0 aliphatic rings. The van der Waals surface area contributed by atoms with Crippen LogP contribution in [0.15, 0.2) is 53.7 Å². The highest BCUT2D eigenvalue weighted by molar-refractivity contribution is 7.89. The van der Waals surface area contributed by atoms with E-state index >= 15 is 0 Å². The highest BCUT2D eigenvalue weighted by Crippen LogP contribution is 2.36. The molecule has 0 spiro atoms. The highest BCUT2D eigenvalue weighted by Gasteiger charge is 2.44. The van der Waals surface area contributed by atoms with Gasteiger partial charge in [-0.1, -0.05) is 23.7 Å². The SMILES string of the molecule is O=S(=O)(N[C@H](c1ccc(C(F)(F)F)cc1)C(F)(F)F)c1ccc2ncc(Cl)n2c1. The molecule has 0 saturated carbocycles. The van der Waals surface area contributed by atoms with E-state index < -0.39 is 44.4 Å². The first kappa shape index (κ1) is 21.4. The smallest absolute Gasteiger partial charge is 0.289 e. The van der Waals surface area contributed by atoms with E-state index in [1.54, 1.807) is 0 Å². The third-order valence-electron chi connectivity index (χ3n) is 3.92. The predicted molar refractivity (Wildman–Crippen MR) is 90.8 cm³/mol. The first-order valence-corrected chi connectivity index (χ1v) is 9.54. The van der Waals surface area contributed by atoms with Gasteiger partial charge in [-0.15, -0.1) is 0 Å². The Balaban J connectivity index is 1.98. The third kappa shape index (κ3) is 4.49. The summed E-state index contributed by atoms with van der Waals surface area (Å²) in [5.41, 5.74) is -1.59. The number of nitrogens with one attached hydrogen (secondary N) is 1. The number of rotatable bonds is 4. The molecule has 2 aromatic heterocycles. The zero-order valence-electron chi connectivity index (χ0n) is 14.0. The summed E-state index contributed by atoms with van der Waals surface area (Å²) in [5, 5.41) is 0.0344. The van der Waals surface area contributed by atoms with Gasteiger partial charge in [-0.3, -0.25) is 4.40 Å². The average molecular weight is 458 g/mol. The zero-order valence-corrected chi connectivity index (χ0v) is 15.5. The molecule has 0 aliphatic heterocycles. The number of pyridine rings is 1. The number of benzene rings is 1. The van der Waals surface area contributed by atoms with Gasteiger partial charge in [0, 0.05) is 6.20 Å². The fourth-order valence-electron chi connectivity index (χ4n) is 2.50. The highest BCUT2D eigenvalue weighted by atomic mass is 35.5. The van der Waals surface area contributed by atoms with Crippen LogP contribution in [0.4, 0.5) is 26.3 Å². The molecule has 0 bridgehead atoms. The molecule has 1 aromatic carbocycles. The van der Waals surface area contributed by atoms with Gasteiger partial charge >= 0.3 is 12.4 Å². The van der Waals surface area contributed by atoms with E-state index in [-0.39, 0.29) is 10.8 Å². The van der Waals surface area contributed by atoms with E-state index in [0.717, 1.165) is 16.7 Å². The molecule has 0 aliphatic carbocycles. The van der Waals surface area contributed by atoms with E-state index in [1.807, 2.05) is 0 Å². The molecule has 2 heterocycles. The lowest BCUT2D eigenvalue weighted by molar-refractivity contribution is -0.153. The van der Waals surface area contributed by atoms with E-state index in [1.165, 1.54) is 17.0 Å². The van der Waals surface area contributed by atoms with Gasteiger partial charge in [0.15, 0.2) is 0 Å². The van der Waals surface area contributed by atoms with Crippen molar-refractivity contribution in [3.8, 4) is 0 Å². The Kier molecular flexibility index (Phi) is 5.30. The van der Waals surface area contributed by atoms with Crippen LogP contribution in [0.25, 0.3) is 5.65 Å². The van der Waals surface area contributed by atoms with Gasteiger partial charge in [-0.05, 0) is 29.8 Å². The lowest BCUT2D eigenvalue weighted by atomic mass is 10.1. The molecular weight excluding hydrogens is 448 g/mol. The molecule has 0 saturated heterocycles. The molecule has 0 unspecified atom stereocenters. The van der Waals surface area contributed by atoms with Crippen LogP contribution in [0.5, 0.6) is 0 Å². The molecule has 0 fully saturated rings. The van der Waals surface area contributed by atoms with Crippen LogP contribution in [-0.2, 0) is 16.2 Å². The van der Waals surface area contributed by atoms with Crippen molar-refractivity contribution in [2.45, 2.75) is 23.3 Å².